The predicted molar refractivity (Wildman–Crippen MR) is 65.5 cm³/mol. The van der Waals surface area contributed by atoms with Gasteiger partial charge < -0.3 is 9.84 Å². The van der Waals surface area contributed by atoms with E-state index in [2.05, 4.69) is 20.7 Å². The SMILES string of the molecule is C[Si](C)(C)c1cc(O)c(Br)cc1OC(F)(F)F. The van der Waals surface area contributed by atoms with Gasteiger partial charge in [-0.3, -0.25) is 0 Å². The summed E-state index contributed by atoms with van der Waals surface area (Å²) in [4.78, 5) is 0. The highest BCUT2D eigenvalue weighted by molar-refractivity contribution is 9.10. The Morgan fingerprint density at radius 1 is 1.24 bits per heavy atom. The lowest BCUT2D eigenvalue weighted by molar-refractivity contribution is -0.274. The van der Waals surface area contributed by atoms with Crippen LogP contribution >= 0.6 is 15.9 Å². The molecule has 1 N–H and O–H groups in total. The minimum absolute atomic E-state index is 0.0862. The van der Waals surface area contributed by atoms with E-state index < -0.39 is 14.4 Å². The zero-order chi connectivity index (χ0) is 13.4. The van der Waals surface area contributed by atoms with E-state index in [4.69, 9.17) is 0 Å². The van der Waals surface area contributed by atoms with Crippen molar-refractivity contribution in [1.29, 1.82) is 0 Å². The van der Waals surface area contributed by atoms with Crippen molar-refractivity contribution in [1.82, 2.24) is 0 Å². The van der Waals surface area contributed by atoms with Crippen LogP contribution in [-0.2, 0) is 0 Å². The summed E-state index contributed by atoms with van der Waals surface area (Å²) >= 11 is 2.97. The molecule has 0 saturated carbocycles. The third-order valence-electron chi connectivity index (χ3n) is 2.08. The van der Waals surface area contributed by atoms with E-state index in [1.54, 1.807) is 0 Å². The van der Waals surface area contributed by atoms with Crippen LogP contribution in [0, 0.1) is 0 Å². The quantitative estimate of drug-likeness (QED) is 0.840. The van der Waals surface area contributed by atoms with Gasteiger partial charge in [0.05, 0.1) is 12.5 Å². The number of aromatic hydroxyl groups is 1. The summed E-state index contributed by atoms with van der Waals surface area (Å²) in [7, 11) is -2.04. The molecule has 0 aliphatic carbocycles. The molecule has 0 fully saturated rings. The van der Waals surface area contributed by atoms with Crippen LogP contribution in [0.2, 0.25) is 19.6 Å². The van der Waals surface area contributed by atoms with E-state index in [1.165, 1.54) is 6.07 Å². The summed E-state index contributed by atoms with van der Waals surface area (Å²) in [6, 6.07) is 2.48. The Morgan fingerprint density at radius 2 is 1.76 bits per heavy atom. The highest BCUT2D eigenvalue weighted by Crippen LogP contribution is 2.31. The van der Waals surface area contributed by atoms with Gasteiger partial charge in [-0.05, 0) is 33.2 Å². The Balaban J connectivity index is 3.32. The fraction of sp³-hybridized carbons (Fsp3) is 0.400. The molecule has 2 nitrogen and oxygen atoms in total. The molecule has 0 amide bonds. The van der Waals surface area contributed by atoms with Crippen LogP contribution in [0.25, 0.3) is 0 Å². The predicted octanol–water partition coefficient (Wildman–Crippen LogP) is 3.60. The molecule has 0 aliphatic rings. The summed E-state index contributed by atoms with van der Waals surface area (Å²) < 4.78 is 40.9. The minimum atomic E-state index is -4.73. The fourth-order valence-electron chi connectivity index (χ4n) is 1.34. The molecule has 0 saturated heterocycles. The van der Waals surface area contributed by atoms with E-state index >= 15 is 0 Å². The molecule has 1 aromatic carbocycles. The van der Waals surface area contributed by atoms with Crippen LogP contribution in [0.4, 0.5) is 13.2 Å². The monoisotopic (exact) mass is 328 g/mol. The average molecular weight is 329 g/mol. The number of phenols is 1. The number of phenolic OH excluding ortho intramolecular Hbond substituents is 1. The van der Waals surface area contributed by atoms with E-state index in [0.29, 0.717) is 5.19 Å². The van der Waals surface area contributed by atoms with Crippen molar-refractivity contribution in [2.75, 3.05) is 0 Å². The maximum atomic E-state index is 12.3. The van der Waals surface area contributed by atoms with Crippen LogP contribution in [0.5, 0.6) is 11.5 Å². The maximum absolute atomic E-state index is 12.3. The van der Waals surface area contributed by atoms with Crippen molar-refractivity contribution in [3.63, 3.8) is 0 Å². The topological polar surface area (TPSA) is 29.5 Å². The second-order valence-electron chi connectivity index (χ2n) is 4.60. The minimum Gasteiger partial charge on any atom is -0.507 e. The number of halogens is 4. The van der Waals surface area contributed by atoms with Gasteiger partial charge in [-0.25, -0.2) is 0 Å². The second-order valence-corrected chi connectivity index (χ2v) is 10.5. The van der Waals surface area contributed by atoms with Gasteiger partial charge in [-0.15, -0.1) is 13.2 Å². The number of ether oxygens (including phenoxy) is 1. The van der Waals surface area contributed by atoms with Gasteiger partial charge in [0.2, 0.25) is 0 Å². The smallest absolute Gasteiger partial charge is 0.507 e. The van der Waals surface area contributed by atoms with E-state index in [9.17, 15) is 18.3 Å². The van der Waals surface area contributed by atoms with Gasteiger partial charge in [0.1, 0.15) is 11.5 Å². The van der Waals surface area contributed by atoms with Crippen molar-refractivity contribution in [3.05, 3.63) is 16.6 Å². The summed E-state index contributed by atoms with van der Waals surface area (Å²) in [5, 5.41) is 9.95. The lowest BCUT2D eigenvalue weighted by Gasteiger charge is -2.22. The van der Waals surface area contributed by atoms with Crippen molar-refractivity contribution in [2.45, 2.75) is 26.0 Å². The Morgan fingerprint density at radius 3 is 2.18 bits per heavy atom. The molecule has 7 heteroatoms. The lowest BCUT2D eigenvalue weighted by atomic mass is 10.3. The van der Waals surface area contributed by atoms with E-state index in [1.807, 2.05) is 19.6 Å². The Labute approximate surface area is 107 Å². The first kappa shape index (κ1) is 14.4. The van der Waals surface area contributed by atoms with E-state index in [0.717, 1.165) is 6.07 Å². The summed E-state index contributed by atoms with van der Waals surface area (Å²) in [5.41, 5.74) is 0. The zero-order valence-electron chi connectivity index (χ0n) is 9.52. The largest absolute Gasteiger partial charge is 0.573 e. The molecular formula is C10H12BrF3O2Si. The number of alkyl halides is 3. The second kappa shape index (κ2) is 4.53. The molecular weight excluding hydrogens is 317 g/mol. The van der Waals surface area contributed by atoms with Crippen LogP contribution in [0.15, 0.2) is 16.6 Å². The molecule has 0 heterocycles. The number of rotatable bonds is 2. The average Bonchev–Trinajstić information content (AvgIpc) is 2.06. The van der Waals surface area contributed by atoms with Gasteiger partial charge >= 0.3 is 6.36 Å². The van der Waals surface area contributed by atoms with Crippen LogP contribution in [0.3, 0.4) is 0 Å². The molecule has 0 spiro atoms. The standard InChI is InChI=1S/C10H12BrF3O2Si/c1-17(2,3)9-5-7(15)6(11)4-8(9)16-10(12,13)14/h4-5,15H,1-3H3. The third-order valence-corrected chi connectivity index (χ3v) is 4.72. The molecule has 0 aliphatic heterocycles. The van der Waals surface area contributed by atoms with Gasteiger partial charge in [0.25, 0.3) is 0 Å². The Hall–Kier alpha value is -0.693. The van der Waals surface area contributed by atoms with E-state index in [-0.39, 0.29) is 16.0 Å². The molecule has 1 aromatic rings. The Kier molecular flexibility index (Phi) is 3.83. The van der Waals surface area contributed by atoms with Crippen LogP contribution in [0.1, 0.15) is 0 Å². The molecule has 0 radical (unpaired) electrons. The summed E-state index contributed by atoms with van der Waals surface area (Å²) in [5.74, 6) is -0.335. The molecule has 17 heavy (non-hydrogen) atoms. The van der Waals surface area contributed by atoms with Gasteiger partial charge in [-0.2, -0.15) is 0 Å². The van der Waals surface area contributed by atoms with Crippen LogP contribution < -0.4 is 9.92 Å². The van der Waals surface area contributed by atoms with Gasteiger partial charge in [-0.1, -0.05) is 19.6 Å². The van der Waals surface area contributed by atoms with Gasteiger partial charge in [0, 0.05) is 0 Å². The van der Waals surface area contributed by atoms with Crippen molar-refractivity contribution in [3.8, 4) is 11.5 Å². The third kappa shape index (κ3) is 3.92. The molecule has 0 aromatic heterocycles. The van der Waals surface area contributed by atoms with Crippen molar-refractivity contribution in [2.24, 2.45) is 0 Å². The summed E-state index contributed by atoms with van der Waals surface area (Å²) in [6.07, 6.45) is -4.73. The van der Waals surface area contributed by atoms with Crippen molar-refractivity contribution >= 4 is 29.2 Å². The highest BCUT2D eigenvalue weighted by atomic mass is 79.9. The van der Waals surface area contributed by atoms with Gasteiger partial charge in [0.15, 0.2) is 0 Å². The molecule has 96 valence electrons. The first-order chi connectivity index (χ1) is 7.50. The first-order valence-electron chi connectivity index (χ1n) is 4.79. The first-order valence-corrected chi connectivity index (χ1v) is 9.09. The maximum Gasteiger partial charge on any atom is 0.573 e. The lowest BCUT2D eigenvalue weighted by Crippen LogP contribution is -2.39. The molecule has 0 bridgehead atoms. The number of benzene rings is 1. The molecule has 0 unspecified atom stereocenters. The zero-order valence-corrected chi connectivity index (χ0v) is 12.1. The molecule has 1 rings (SSSR count). The van der Waals surface area contributed by atoms with Crippen molar-refractivity contribution < 1.29 is 23.0 Å². The number of hydrogen-bond acceptors (Lipinski definition) is 2. The number of hydrogen-bond donors (Lipinski definition) is 1. The highest BCUT2D eigenvalue weighted by Gasteiger charge is 2.34. The fourth-order valence-corrected chi connectivity index (χ4v) is 3.09. The van der Waals surface area contributed by atoms with Crippen LogP contribution in [-0.4, -0.2) is 19.5 Å². The summed E-state index contributed by atoms with van der Waals surface area (Å²) in [6.45, 7) is 5.62. The molecule has 0 atom stereocenters. The Bertz CT molecular complexity index is 427. The normalized spacial score (nSPS) is 12.6.